The van der Waals surface area contributed by atoms with E-state index < -0.39 is 5.97 Å². The van der Waals surface area contributed by atoms with Crippen molar-refractivity contribution in [1.82, 2.24) is 0 Å². The van der Waals surface area contributed by atoms with Gasteiger partial charge in [0.1, 0.15) is 0 Å². The summed E-state index contributed by atoms with van der Waals surface area (Å²) in [4.78, 5) is 11.4. The Morgan fingerprint density at radius 2 is 1.64 bits per heavy atom. The number of carbonyl (C=O) groups is 1. The van der Waals surface area contributed by atoms with Crippen LogP contribution in [0.3, 0.4) is 0 Å². The Kier molecular flexibility index (Phi) is 3.92. The predicted octanol–water partition coefficient (Wildman–Crippen LogP) is 4.63. The predicted molar refractivity (Wildman–Crippen MR) is 89.5 cm³/mol. The molecule has 22 heavy (non-hydrogen) atoms. The van der Waals surface area contributed by atoms with Gasteiger partial charge in [0.15, 0.2) is 0 Å². The van der Waals surface area contributed by atoms with Crippen LogP contribution in [0.4, 0.5) is 0 Å². The zero-order chi connectivity index (χ0) is 15.5. The topological polar surface area (TPSA) is 37.3 Å². The number of aryl methyl sites for hydroxylation is 3. The van der Waals surface area contributed by atoms with Crippen LogP contribution in [0.25, 0.3) is 10.8 Å². The van der Waals surface area contributed by atoms with E-state index in [-0.39, 0.29) is 0 Å². The van der Waals surface area contributed by atoms with Crippen LogP contribution >= 0.6 is 0 Å². The zero-order valence-corrected chi connectivity index (χ0v) is 12.5. The third kappa shape index (κ3) is 2.86. The minimum absolute atomic E-state index is 0.417. The number of hydrogen-bond acceptors (Lipinski definition) is 1. The van der Waals surface area contributed by atoms with E-state index in [4.69, 9.17) is 0 Å². The molecule has 0 aliphatic heterocycles. The Balaban J connectivity index is 1.90. The van der Waals surface area contributed by atoms with Gasteiger partial charge in [-0.3, -0.25) is 0 Å². The van der Waals surface area contributed by atoms with Gasteiger partial charge >= 0.3 is 5.97 Å². The van der Waals surface area contributed by atoms with Gasteiger partial charge in [-0.1, -0.05) is 60.2 Å². The van der Waals surface area contributed by atoms with E-state index in [9.17, 15) is 9.90 Å². The minimum atomic E-state index is -0.850. The number of carboxylic acid groups (broad SMARTS) is 1. The van der Waals surface area contributed by atoms with Crippen molar-refractivity contribution in [3.63, 3.8) is 0 Å². The summed E-state index contributed by atoms with van der Waals surface area (Å²) >= 11 is 0. The molecule has 3 aromatic carbocycles. The van der Waals surface area contributed by atoms with Crippen molar-refractivity contribution >= 4 is 16.7 Å². The van der Waals surface area contributed by atoms with Gasteiger partial charge in [0.2, 0.25) is 0 Å². The van der Waals surface area contributed by atoms with Crippen molar-refractivity contribution in [1.29, 1.82) is 0 Å². The standard InChI is InChI=1S/C20H18O2/c1-14-9-10-17(19(13-14)20(21)22)12-11-16-7-4-6-15-5-2-3-8-18(15)16/h2-10,13H,11-12H2,1H3,(H,21,22). The van der Waals surface area contributed by atoms with Crippen LogP contribution in [-0.2, 0) is 12.8 Å². The lowest BCUT2D eigenvalue weighted by atomic mass is 9.95. The average molecular weight is 290 g/mol. The molecule has 0 radical (unpaired) electrons. The maximum absolute atomic E-state index is 11.4. The third-order valence-electron chi connectivity index (χ3n) is 4.04. The van der Waals surface area contributed by atoms with Crippen LogP contribution in [0.2, 0.25) is 0 Å². The number of fused-ring (bicyclic) bond motifs is 1. The molecule has 3 rings (SSSR count). The van der Waals surface area contributed by atoms with Gasteiger partial charge in [0.25, 0.3) is 0 Å². The molecular weight excluding hydrogens is 272 g/mol. The smallest absolute Gasteiger partial charge is 0.335 e. The molecule has 2 heteroatoms. The van der Waals surface area contributed by atoms with E-state index in [2.05, 4.69) is 30.3 Å². The Morgan fingerprint density at radius 1 is 0.909 bits per heavy atom. The van der Waals surface area contributed by atoms with Crippen LogP contribution in [0.5, 0.6) is 0 Å². The second-order valence-corrected chi connectivity index (χ2v) is 5.60. The molecule has 3 aromatic rings. The van der Waals surface area contributed by atoms with E-state index in [1.54, 1.807) is 6.07 Å². The largest absolute Gasteiger partial charge is 0.478 e. The highest BCUT2D eigenvalue weighted by Crippen LogP contribution is 2.21. The molecule has 0 saturated carbocycles. The zero-order valence-electron chi connectivity index (χ0n) is 12.5. The summed E-state index contributed by atoms with van der Waals surface area (Å²) in [6, 6.07) is 20.3. The fourth-order valence-electron chi connectivity index (χ4n) is 2.89. The van der Waals surface area contributed by atoms with Crippen LogP contribution in [0, 0.1) is 6.92 Å². The molecule has 1 N–H and O–H groups in total. The number of rotatable bonds is 4. The molecule has 2 nitrogen and oxygen atoms in total. The van der Waals surface area contributed by atoms with Crippen LogP contribution < -0.4 is 0 Å². The SMILES string of the molecule is Cc1ccc(CCc2cccc3ccccc23)c(C(=O)O)c1. The summed E-state index contributed by atoms with van der Waals surface area (Å²) in [5, 5.41) is 11.8. The van der Waals surface area contributed by atoms with Gasteiger partial charge in [0, 0.05) is 0 Å². The maximum atomic E-state index is 11.4. The molecule has 110 valence electrons. The van der Waals surface area contributed by atoms with E-state index in [1.807, 2.05) is 31.2 Å². The van der Waals surface area contributed by atoms with E-state index >= 15 is 0 Å². The van der Waals surface area contributed by atoms with Gasteiger partial charge in [-0.25, -0.2) is 4.79 Å². The number of benzene rings is 3. The summed E-state index contributed by atoms with van der Waals surface area (Å²) in [5.74, 6) is -0.850. The fourth-order valence-corrected chi connectivity index (χ4v) is 2.89. The molecular formula is C20H18O2. The monoisotopic (exact) mass is 290 g/mol. The third-order valence-corrected chi connectivity index (χ3v) is 4.04. The minimum Gasteiger partial charge on any atom is -0.478 e. The van der Waals surface area contributed by atoms with Crippen molar-refractivity contribution in [2.75, 3.05) is 0 Å². The highest BCUT2D eigenvalue weighted by molar-refractivity contribution is 5.90. The van der Waals surface area contributed by atoms with Crippen molar-refractivity contribution in [2.45, 2.75) is 19.8 Å². The summed E-state index contributed by atoms with van der Waals surface area (Å²) < 4.78 is 0. The Labute approximate surface area is 130 Å². The highest BCUT2D eigenvalue weighted by Gasteiger charge is 2.10. The summed E-state index contributed by atoms with van der Waals surface area (Å²) in [6.45, 7) is 1.92. The molecule has 0 heterocycles. The van der Waals surface area contributed by atoms with E-state index in [0.29, 0.717) is 5.56 Å². The van der Waals surface area contributed by atoms with Crippen molar-refractivity contribution in [3.8, 4) is 0 Å². The summed E-state index contributed by atoms with van der Waals surface area (Å²) in [6.07, 6.45) is 1.57. The Hall–Kier alpha value is -2.61. The normalized spacial score (nSPS) is 10.8. The van der Waals surface area contributed by atoms with Gasteiger partial charge in [-0.15, -0.1) is 0 Å². The number of carboxylic acids is 1. The van der Waals surface area contributed by atoms with Gasteiger partial charge in [0.05, 0.1) is 5.56 Å². The Morgan fingerprint density at radius 3 is 2.45 bits per heavy atom. The first-order valence-electron chi connectivity index (χ1n) is 7.44. The first kappa shape index (κ1) is 14.3. The van der Waals surface area contributed by atoms with Crippen molar-refractivity contribution in [2.24, 2.45) is 0 Å². The molecule has 0 bridgehead atoms. The molecule has 0 atom stereocenters. The number of aromatic carboxylic acids is 1. The number of hydrogen-bond donors (Lipinski definition) is 1. The highest BCUT2D eigenvalue weighted by atomic mass is 16.4. The average Bonchev–Trinajstić information content (AvgIpc) is 2.53. The van der Waals surface area contributed by atoms with Crippen molar-refractivity contribution < 1.29 is 9.90 Å². The van der Waals surface area contributed by atoms with Gasteiger partial charge in [-0.05, 0) is 47.7 Å². The Bertz CT molecular complexity index is 829. The molecule has 0 spiro atoms. The molecule has 0 saturated heterocycles. The molecule has 0 amide bonds. The fraction of sp³-hybridized carbons (Fsp3) is 0.150. The maximum Gasteiger partial charge on any atom is 0.335 e. The lowest BCUT2D eigenvalue weighted by Gasteiger charge is -2.09. The van der Waals surface area contributed by atoms with Crippen LogP contribution in [0.1, 0.15) is 27.0 Å². The molecule has 0 unspecified atom stereocenters. The summed E-state index contributed by atoms with van der Waals surface area (Å²) in [7, 11) is 0. The molecule has 0 aliphatic carbocycles. The molecule has 0 aromatic heterocycles. The summed E-state index contributed by atoms with van der Waals surface area (Å²) in [5.41, 5.74) is 3.55. The van der Waals surface area contributed by atoms with Crippen molar-refractivity contribution in [3.05, 3.63) is 82.9 Å². The lowest BCUT2D eigenvalue weighted by Crippen LogP contribution is -2.04. The van der Waals surface area contributed by atoms with Gasteiger partial charge in [-0.2, -0.15) is 0 Å². The molecule has 0 fully saturated rings. The second kappa shape index (κ2) is 6.02. The molecule has 0 aliphatic rings. The van der Waals surface area contributed by atoms with Gasteiger partial charge < -0.3 is 5.11 Å². The van der Waals surface area contributed by atoms with Crippen LogP contribution in [-0.4, -0.2) is 11.1 Å². The van der Waals surface area contributed by atoms with E-state index in [0.717, 1.165) is 24.0 Å². The van der Waals surface area contributed by atoms with E-state index in [1.165, 1.54) is 16.3 Å². The first-order valence-corrected chi connectivity index (χ1v) is 7.44. The quantitative estimate of drug-likeness (QED) is 0.760. The van der Waals surface area contributed by atoms with Crippen LogP contribution in [0.15, 0.2) is 60.7 Å². The second-order valence-electron chi connectivity index (χ2n) is 5.60. The first-order chi connectivity index (χ1) is 10.6. The lowest BCUT2D eigenvalue weighted by molar-refractivity contribution is 0.0695.